The van der Waals surface area contributed by atoms with Crippen molar-refractivity contribution >= 4 is 17.0 Å². The Morgan fingerprint density at radius 1 is 1.00 bits per heavy atom. The maximum absolute atomic E-state index is 5.47. The maximum Gasteiger partial charge on any atom is 0.162 e. The molecular formula is C10H10N6. The van der Waals surface area contributed by atoms with E-state index in [4.69, 9.17) is 5.73 Å². The van der Waals surface area contributed by atoms with E-state index in [1.54, 1.807) is 12.4 Å². The third-order valence-electron chi connectivity index (χ3n) is 1.81. The highest BCUT2D eigenvalue weighted by Gasteiger charge is 1.99. The molecule has 3 heterocycles. The molecule has 3 N–H and O–H groups in total. The minimum atomic E-state index is 0.409. The minimum Gasteiger partial charge on any atom is -0.382 e. The van der Waals surface area contributed by atoms with Gasteiger partial charge in [0.15, 0.2) is 11.5 Å². The molecule has 0 saturated carbocycles. The molecule has 6 nitrogen and oxygen atoms in total. The van der Waals surface area contributed by atoms with Crippen molar-refractivity contribution in [2.24, 2.45) is 0 Å². The van der Waals surface area contributed by atoms with Gasteiger partial charge in [0.25, 0.3) is 0 Å². The smallest absolute Gasteiger partial charge is 0.162 e. The average molecular weight is 214 g/mol. The average Bonchev–Trinajstić information content (AvgIpc) is 2.82. The van der Waals surface area contributed by atoms with Gasteiger partial charge < -0.3 is 10.7 Å². The highest BCUT2D eigenvalue weighted by atomic mass is 15.0. The molecule has 0 aliphatic rings. The normalized spacial score (nSPS) is 9.50. The minimum absolute atomic E-state index is 0.409. The van der Waals surface area contributed by atoms with Crippen LogP contribution in [0.15, 0.2) is 43.2 Å². The molecule has 0 saturated heterocycles. The fourth-order valence-corrected chi connectivity index (χ4v) is 1.10. The molecule has 6 heteroatoms. The number of nitrogens with two attached hydrogens (primary N) is 1. The molecule has 0 bridgehead atoms. The lowest BCUT2D eigenvalue weighted by molar-refractivity contribution is 1.21. The summed E-state index contributed by atoms with van der Waals surface area (Å²) in [6.45, 7) is 0. The van der Waals surface area contributed by atoms with Crippen molar-refractivity contribution in [2.75, 3.05) is 5.73 Å². The van der Waals surface area contributed by atoms with Gasteiger partial charge in [0, 0.05) is 12.4 Å². The molecule has 0 aliphatic carbocycles. The third kappa shape index (κ3) is 2.30. The van der Waals surface area contributed by atoms with Gasteiger partial charge in [-0.1, -0.05) is 6.07 Å². The number of aromatic nitrogens is 5. The SMILES string of the molecule is Nc1ncnc2[nH]cnc12.c1ccncc1. The van der Waals surface area contributed by atoms with E-state index in [0.29, 0.717) is 17.0 Å². The van der Waals surface area contributed by atoms with Crippen LogP contribution in [0.2, 0.25) is 0 Å². The van der Waals surface area contributed by atoms with Crippen LogP contribution in [0, 0.1) is 0 Å². The number of nitrogens with one attached hydrogen (secondary N) is 1. The Kier molecular flexibility index (Phi) is 3.03. The van der Waals surface area contributed by atoms with Crippen LogP contribution in [0.5, 0.6) is 0 Å². The fraction of sp³-hybridized carbons (Fsp3) is 0. The van der Waals surface area contributed by atoms with Crippen molar-refractivity contribution in [1.29, 1.82) is 0 Å². The molecule has 3 rings (SSSR count). The molecule has 80 valence electrons. The topological polar surface area (TPSA) is 93.4 Å². The molecule has 0 unspecified atom stereocenters. The van der Waals surface area contributed by atoms with Crippen LogP contribution < -0.4 is 5.73 Å². The number of nitrogen functional groups attached to an aromatic ring is 1. The molecule has 16 heavy (non-hydrogen) atoms. The Hall–Kier alpha value is -2.50. The summed E-state index contributed by atoms with van der Waals surface area (Å²) in [5.74, 6) is 0.409. The van der Waals surface area contributed by atoms with Crippen LogP contribution in [0.1, 0.15) is 0 Å². The number of nitrogens with zero attached hydrogens (tertiary/aromatic N) is 4. The van der Waals surface area contributed by atoms with Crippen molar-refractivity contribution in [3.05, 3.63) is 43.2 Å². The van der Waals surface area contributed by atoms with E-state index in [2.05, 4.69) is 24.9 Å². The zero-order valence-electron chi connectivity index (χ0n) is 8.41. The molecule has 0 spiro atoms. The molecule has 0 amide bonds. The van der Waals surface area contributed by atoms with Crippen LogP contribution in [-0.2, 0) is 0 Å². The van der Waals surface area contributed by atoms with Gasteiger partial charge in [-0.2, -0.15) is 0 Å². The van der Waals surface area contributed by atoms with Crippen molar-refractivity contribution in [3.8, 4) is 0 Å². The van der Waals surface area contributed by atoms with Crippen molar-refractivity contribution < 1.29 is 0 Å². The first-order valence-corrected chi connectivity index (χ1v) is 4.62. The second kappa shape index (κ2) is 4.83. The number of imidazole rings is 1. The summed E-state index contributed by atoms with van der Waals surface area (Å²) < 4.78 is 0. The number of hydrogen-bond donors (Lipinski definition) is 2. The van der Waals surface area contributed by atoms with E-state index in [1.165, 1.54) is 12.7 Å². The first-order valence-electron chi connectivity index (χ1n) is 4.62. The summed E-state index contributed by atoms with van der Waals surface area (Å²) in [6, 6.07) is 5.72. The Labute approximate surface area is 91.6 Å². The lowest BCUT2D eigenvalue weighted by atomic mass is 10.5. The number of hydrogen-bond acceptors (Lipinski definition) is 5. The van der Waals surface area contributed by atoms with Gasteiger partial charge >= 0.3 is 0 Å². The fourth-order valence-electron chi connectivity index (χ4n) is 1.10. The van der Waals surface area contributed by atoms with Gasteiger partial charge in [0.1, 0.15) is 11.8 Å². The standard InChI is InChI=1S/C5H5N5.C5H5N/c6-4-3-5(9-1-7-3)10-2-8-4;1-2-4-6-5-3-1/h1-2H,(H3,6,7,8,9,10);1-5H. The van der Waals surface area contributed by atoms with Gasteiger partial charge in [-0.05, 0) is 12.1 Å². The first kappa shape index (κ1) is 10.0. The van der Waals surface area contributed by atoms with E-state index >= 15 is 0 Å². The van der Waals surface area contributed by atoms with Gasteiger partial charge in [-0.15, -0.1) is 0 Å². The predicted octanol–water partition coefficient (Wildman–Crippen LogP) is 1.02. The van der Waals surface area contributed by atoms with Crippen LogP contribution in [-0.4, -0.2) is 24.9 Å². The number of aromatic amines is 1. The first-order chi connectivity index (χ1) is 7.88. The Morgan fingerprint density at radius 2 is 1.81 bits per heavy atom. The molecule has 3 aromatic heterocycles. The Morgan fingerprint density at radius 3 is 2.38 bits per heavy atom. The number of fused-ring (bicyclic) bond motifs is 1. The Bertz CT molecular complexity index is 521. The summed E-state index contributed by atoms with van der Waals surface area (Å²) in [5.41, 5.74) is 6.77. The highest BCUT2D eigenvalue weighted by Crippen LogP contribution is 2.09. The lowest BCUT2D eigenvalue weighted by Gasteiger charge is -1.88. The lowest BCUT2D eigenvalue weighted by Crippen LogP contribution is -1.91. The largest absolute Gasteiger partial charge is 0.382 e. The summed E-state index contributed by atoms with van der Waals surface area (Å²) in [7, 11) is 0. The molecule has 0 aromatic carbocycles. The van der Waals surface area contributed by atoms with Gasteiger partial charge in [0.05, 0.1) is 6.33 Å². The monoisotopic (exact) mass is 214 g/mol. The molecular weight excluding hydrogens is 204 g/mol. The van der Waals surface area contributed by atoms with E-state index in [9.17, 15) is 0 Å². The molecule has 3 aromatic rings. The van der Waals surface area contributed by atoms with E-state index < -0.39 is 0 Å². The maximum atomic E-state index is 5.47. The van der Waals surface area contributed by atoms with Crippen molar-refractivity contribution in [3.63, 3.8) is 0 Å². The molecule has 0 fully saturated rings. The van der Waals surface area contributed by atoms with Crippen molar-refractivity contribution in [2.45, 2.75) is 0 Å². The second-order valence-electron chi connectivity index (χ2n) is 2.88. The zero-order chi connectivity index (χ0) is 11.2. The van der Waals surface area contributed by atoms with Gasteiger partial charge in [-0.3, -0.25) is 4.98 Å². The Balaban J connectivity index is 0.000000138. The zero-order valence-corrected chi connectivity index (χ0v) is 8.41. The molecule has 0 atom stereocenters. The van der Waals surface area contributed by atoms with E-state index in [0.717, 1.165) is 0 Å². The third-order valence-corrected chi connectivity index (χ3v) is 1.81. The predicted molar refractivity (Wildman–Crippen MR) is 60.3 cm³/mol. The van der Waals surface area contributed by atoms with Gasteiger partial charge in [0.2, 0.25) is 0 Å². The summed E-state index contributed by atoms with van der Waals surface area (Å²) >= 11 is 0. The highest BCUT2D eigenvalue weighted by molar-refractivity contribution is 5.80. The van der Waals surface area contributed by atoms with Crippen molar-refractivity contribution in [1.82, 2.24) is 24.9 Å². The molecule has 0 aliphatic heterocycles. The second-order valence-corrected chi connectivity index (χ2v) is 2.88. The number of pyridine rings is 1. The number of H-pyrrole nitrogens is 1. The quantitative estimate of drug-likeness (QED) is 0.582. The van der Waals surface area contributed by atoms with E-state index in [1.807, 2.05) is 18.2 Å². The van der Waals surface area contributed by atoms with Gasteiger partial charge in [-0.25, -0.2) is 15.0 Å². The van der Waals surface area contributed by atoms with Crippen LogP contribution in [0.25, 0.3) is 11.2 Å². The molecule has 0 radical (unpaired) electrons. The summed E-state index contributed by atoms with van der Waals surface area (Å²) in [4.78, 5) is 18.2. The number of rotatable bonds is 0. The van der Waals surface area contributed by atoms with Crippen LogP contribution >= 0.6 is 0 Å². The summed E-state index contributed by atoms with van der Waals surface area (Å²) in [6.07, 6.45) is 6.44. The number of anilines is 1. The van der Waals surface area contributed by atoms with Crippen LogP contribution in [0.3, 0.4) is 0 Å². The van der Waals surface area contributed by atoms with E-state index in [-0.39, 0.29) is 0 Å². The van der Waals surface area contributed by atoms with Crippen LogP contribution in [0.4, 0.5) is 5.82 Å². The summed E-state index contributed by atoms with van der Waals surface area (Å²) in [5, 5.41) is 0.